The lowest BCUT2D eigenvalue weighted by Gasteiger charge is -2.09. The molecule has 0 bridgehead atoms. The first-order valence-electron chi connectivity index (χ1n) is 10.7. The van der Waals surface area contributed by atoms with Gasteiger partial charge in [-0.1, -0.05) is 83.8 Å². The van der Waals surface area contributed by atoms with Crippen LogP contribution in [0.15, 0.2) is 17.1 Å². The second-order valence-electron chi connectivity index (χ2n) is 8.04. The lowest BCUT2D eigenvalue weighted by molar-refractivity contribution is 0.226. The SMILES string of the molecule is CC(C)CCCCCCCCCCC(/C=C/CC1=NC(CO)CO1)CO. The Balaban J connectivity index is 1.98. The first kappa shape index (κ1) is 23.2. The summed E-state index contributed by atoms with van der Waals surface area (Å²) in [6.07, 6.45) is 17.9. The third-order valence-corrected chi connectivity index (χ3v) is 5.02. The number of rotatable bonds is 16. The van der Waals surface area contributed by atoms with Gasteiger partial charge in [0.1, 0.15) is 12.6 Å². The number of aliphatic hydroxyl groups is 2. The molecule has 0 amide bonds. The molecular weight excluding hydrogens is 326 g/mol. The molecule has 0 saturated heterocycles. The summed E-state index contributed by atoms with van der Waals surface area (Å²) in [6, 6.07) is -0.0951. The number of ether oxygens (including phenoxy) is 1. The standard InChI is InChI=1S/C22H41NO3/c1-19(2)12-9-7-5-3-4-6-8-10-13-20(16-24)14-11-15-22-23-21(17-25)18-26-22/h11,14,19-21,24-25H,3-10,12-13,15-18H2,1-2H3/b14-11+. The van der Waals surface area contributed by atoms with Crippen LogP contribution in [0, 0.1) is 11.8 Å². The van der Waals surface area contributed by atoms with Crippen LogP contribution in [0.3, 0.4) is 0 Å². The molecular formula is C22H41NO3. The molecule has 2 unspecified atom stereocenters. The summed E-state index contributed by atoms with van der Waals surface area (Å²) >= 11 is 0. The lowest BCUT2D eigenvalue weighted by atomic mass is 9.99. The predicted molar refractivity (Wildman–Crippen MR) is 110 cm³/mol. The Morgan fingerprint density at radius 2 is 1.62 bits per heavy atom. The number of hydrogen-bond donors (Lipinski definition) is 2. The molecule has 0 radical (unpaired) electrons. The Morgan fingerprint density at radius 1 is 1.00 bits per heavy atom. The Hall–Kier alpha value is -0.870. The molecule has 4 heteroatoms. The van der Waals surface area contributed by atoms with E-state index in [-0.39, 0.29) is 25.2 Å². The normalized spacial score (nSPS) is 18.5. The van der Waals surface area contributed by atoms with Crippen LogP contribution in [0.25, 0.3) is 0 Å². The summed E-state index contributed by atoms with van der Waals surface area (Å²) in [6.45, 7) is 5.35. The van der Waals surface area contributed by atoms with Crippen molar-refractivity contribution in [2.75, 3.05) is 19.8 Å². The van der Waals surface area contributed by atoms with Crippen molar-refractivity contribution in [1.29, 1.82) is 0 Å². The molecule has 0 saturated carbocycles. The van der Waals surface area contributed by atoms with Crippen LogP contribution in [0.5, 0.6) is 0 Å². The molecule has 0 aliphatic carbocycles. The van der Waals surface area contributed by atoms with Gasteiger partial charge in [-0.15, -0.1) is 0 Å². The smallest absolute Gasteiger partial charge is 0.187 e. The first-order chi connectivity index (χ1) is 12.7. The molecule has 1 aliphatic heterocycles. The van der Waals surface area contributed by atoms with Gasteiger partial charge in [0.2, 0.25) is 0 Å². The summed E-state index contributed by atoms with van der Waals surface area (Å²) in [4.78, 5) is 4.29. The Bertz CT molecular complexity index is 393. The third kappa shape index (κ3) is 11.7. The third-order valence-electron chi connectivity index (χ3n) is 5.02. The van der Waals surface area contributed by atoms with E-state index in [1.54, 1.807) is 0 Å². The van der Waals surface area contributed by atoms with Gasteiger partial charge in [-0.3, -0.25) is 0 Å². The predicted octanol–water partition coefficient (Wildman–Crippen LogP) is 4.89. The molecule has 1 rings (SSSR count). The molecule has 0 aromatic rings. The monoisotopic (exact) mass is 367 g/mol. The highest BCUT2D eigenvalue weighted by molar-refractivity contribution is 5.79. The van der Waals surface area contributed by atoms with Crippen LogP contribution in [0.4, 0.5) is 0 Å². The minimum Gasteiger partial charge on any atom is -0.478 e. The Labute approximate surface area is 160 Å². The van der Waals surface area contributed by atoms with Gasteiger partial charge >= 0.3 is 0 Å². The Morgan fingerprint density at radius 3 is 2.15 bits per heavy atom. The van der Waals surface area contributed by atoms with E-state index in [1.807, 2.05) is 6.08 Å². The number of hydrogen-bond acceptors (Lipinski definition) is 4. The van der Waals surface area contributed by atoms with Crippen LogP contribution >= 0.6 is 0 Å². The van der Waals surface area contributed by atoms with Gasteiger partial charge in [0.15, 0.2) is 5.90 Å². The largest absolute Gasteiger partial charge is 0.478 e. The molecule has 1 aliphatic rings. The van der Waals surface area contributed by atoms with E-state index < -0.39 is 0 Å². The molecule has 0 spiro atoms. The van der Waals surface area contributed by atoms with Gasteiger partial charge in [0, 0.05) is 13.0 Å². The maximum Gasteiger partial charge on any atom is 0.187 e. The fraction of sp³-hybridized carbons (Fsp3) is 0.864. The molecule has 0 aromatic carbocycles. The highest BCUT2D eigenvalue weighted by Crippen LogP contribution is 2.16. The van der Waals surface area contributed by atoms with Gasteiger partial charge in [-0.2, -0.15) is 0 Å². The zero-order valence-corrected chi connectivity index (χ0v) is 17.0. The number of aliphatic hydroxyl groups excluding tert-OH is 2. The number of aliphatic imine (C=N–C) groups is 1. The zero-order chi connectivity index (χ0) is 19.0. The maximum absolute atomic E-state index is 9.51. The van der Waals surface area contributed by atoms with Crippen molar-refractivity contribution in [3.05, 3.63) is 12.2 Å². The van der Waals surface area contributed by atoms with E-state index >= 15 is 0 Å². The first-order valence-corrected chi connectivity index (χ1v) is 10.7. The molecule has 4 nitrogen and oxygen atoms in total. The van der Waals surface area contributed by atoms with E-state index in [1.165, 1.54) is 57.8 Å². The second kappa shape index (κ2) is 15.2. The minimum absolute atomic E-state index is 0.0461. The van der Waals surface area contributed by atoms with Crippen molar-refractivity contribution < 1.29 is 14.9 Å². The van der Waals surface area contributed by atoms with Crippen molar-refractivity contribution >= 4 is 5.90 Å². The molecule has 0 aromatic heterocycles. The molecule has 2 N–H and O–H groups in total. The Kier molecular flexibility index (Phi) is 13.6. The summed E-state index contributed by atoms with van der Waals surface area (Å²) in [5.41, 5.74) is 0. The van der Waals surface area contributed by atoms with E-state index in [9.17, 15) is 5.11 Å². The van der Waals surface area contributed by atoms with Gasteiger partial charge in [-0.25, -0.2) is 4.99 Å². The van der Waals surface area contributed by atoms with Crippen LogP contribution < -0.4 is 0 Å². The van der Waals surface area contributed by atoms with Gasteiger partial charge in [0.25, 0.3) is 0 Å². The number of nitrogens with zero attached hydrogens (tertiary/aromatic N) is 1. The summed E-state index contributed by atoms with van der Waals surface area (Å²) in [5.74, 6) is 1.78. The van der Waals surface area contributed by atoms with E-state index in [0.29, 0.717) is 18.9 Å². The highest BCUT2D eigenvalue weighted by atomic mass is 16.5. The molecule has 26 heavy (non-hydrogen) atoms. The van der Waals surface area contributed by atoms with E-state index in [4.69, 9.17) is 9.84 Å². The van der Waals surface area contributed by atoms with Crippen molar-refractivity contribution in [3.8, 4) is 0 Å². The van der Waals surface area contributed by atoms with Crippen molar-refractivity contribution in [2.24, 2.45) is 16.8 Å². The molecule has 1 heterocycles. The highest BCUT2D eigenvalue weighted by Gasteiger charge is 2.16. The van der Waals surface area contributed by atoms with Crippen LogP contribution in [-0.4, -0.2) is 42.0 Å². The topological polar surface area (TPSA) is 62.1 Å². The van der Waals surface area contributed by atoms with Crippen LogP contribution in [-0.2, 0) is 4.74 Å². The van der Waals surface area contributed by atoms with Crippen LogP contribution in [0.1, 0.15) is 84.5 Å². The zero-order valence-electron chi connectivity index (χ0n) is 17.0. The lowest BCUT2D eigenvalue weighted by Crippen LogP contribution is -2.10. The van der Waals surface area contributed by atoms with Crippen molar-refractivity contribution in [1.82, 2.24) is 0 Å². The summed E-state index contributed by atoms with van der Waals surface area (Å²) < 4.78 is 5.42. The van der Waals surface area contributed by atoms with Gasteiger partial charge in [0.05, 0.1) is 6.61 Å². The quantitative estimate of drug-likeness (QED) is 0.302. The summed E-state index contributed by atoms with van der Waals surface area (Å²) in [5, 5.41) is 18.5. The average molecular weight is 368 g/mol. The average Bonchev–Trinajstić information content (AvgIpc) is 3.09. The van der Waals surface area contributed by atoms with Gasteiger partial charge in [-0.05, 0) is 18.3 Å². The maximum atomic E-state index is 9.51. The molecule has 152 valence electrons. The second-order valence-corrected chi connectivity index (χ2v) is 8.04. The summed E-state index contributed by atoms with van der Waals surface area (Å²) in [7, 11) is 0. The number of unbranched alkanes of at least 4 members (excludes halogenated alkanes) is 7. The molecule has 2 atom stereocenters. The van der Waals surface area contributed by atoms with Crippen molar-refractivity contribution in [3.63, 3.8) is 0 Å². The van der Waals surface area contributed by atoms with E-state index in [0.717, 1.165) is 12.3 Å². The fourth-order valence-electron chi connectivity index (χ4n) is 3.31. The van der Waals surface area contributed by atoms with Crippen LogP contribution in [0.2, 0.25) is 0 Å². The van der Waals surface area contributed by atoms with E-state index in [2.05, 4.69) is 24.9 Å². The van der Waals surface area contributed by atoms with Gasteiger partial charge < -0.3 is 14.9 Å². The van der Waals surface area contributed by atoms with Crippen molar-refractivity contribution in [2.45, 2.75) is 90.5 Å². The molecule has 0 fully saturated rings. The minimum atomic E-state index is -0.0951. The fourth-order valence-corrected chi connectivity index (χ4v) is 3.31.